The van der Waals surface area contributed by atoms with Gasteiger partial charge in [0.15, 0.2) is 0 Å². The predicted octanol–water partition coefficient (Wildman–Crippen LogP) is 2.32. The average Bonchev–Trinajstić information content (AvgIpc) is 3.31. The molecule has 8 nitrogen and oxygen atoms in total. The molecule has 1 aromatic rings. The van der Waals surface area contributed by atoms with Crippen molar-refractivity contribution in [3.8, 4) is 5.75 Å². The maximum Gasteiger partial charge on any atom is 0.315 e. The number of hydrogen-bond acceptors (Lipinski definition) is 8. The van der Waals surface area contributed by atoms with Crippen LogP contribution in [-0.4, -0.2) is 36.8 Å². The molecule has 3 saturated carbocycles. The number of Topliss-reactive ketones (excluding diaryl/α,β-unsaturated/α-hetero) is 1. The maximum absolute atomic E-state index is 13.0. The fraction of sp³-hybridized carbons (Fsp3) is 0.591. The molecule has 6 unspecified atom stereocenters. The summed E-state index contributed by atoms with van der Waals surface area (Å²) in [6.45, 7) is 5.52. The monoisotopic (exact) mass is 449 g/mol. The van der Waals surface area contributed by atoms with Gasteiger partial charge in [0, 0.05) is 24.2 Å². The third-order valence-corrected chi connectivity index (χ3v) is 8.19. The molecule has 3 fully saturated rings. The van der Waals surface area contributed by atoms with Crippen LogP contribution in [0, 0.1) is 35.0 Å². The van der Waals surface area contributed by atoms with Gasteiger partial charge in [0.25, 0.3) is 0 Å². The highest BCUT2D eigenvalue weighted by Gasteiger charge is 2.68. The number of fused-ring (bicyclic) bond motifs is 1. The van der Waals surface area contributed by atoms with Crippen LogP contribution in [0.4, 0.5) is 0 Å². The van der Waals surface area contributed by atoms with E-state index in [-0.39, 0.29) is 35.3 Å². The van der Waals surface area contributed by atoms with Crippen LogP contribution in [0.1, 0.15) is 40.0 Å². The van der Waals surface area contributed by atoms with E-state index in [1.165, 1.54) is 12.1 Å². The molecule has 0 radical (unpaired) electrons. The van der Waals surface area contributed by atoms with Gasteiger partial charge < -0.3 is 14.0 Å². The van der Waals surface area contributed by atoms with E-state index in [0.29, 0.717) is 19.3 Å². The van der Waals surface area contributed by atoms with Gasteiger partial charge in [-0.2, -0.15) is 0 Å². The normalized spacial score (nSPS) is 31.7. The number of benzene rings is 1. The molecule has 3 aliphatic rings. The summed E-state index contributed by atoms with van der Waals surface area (Å²) in [5, 5.41) is 0. The van der Waals surface area contributed by atoms with E-state index in [1.54, 1.807) is 0 Å². The second-order valence-corrected chi connectivity index (χ2v) is 10.8. The highest BCUT2D eigenvalue weighted by molar-refractivity contribution is 7.85. The topological polar surface area (TPSA) is 127 Å². The minimum atomic E-state index is -4.60. The Morgan fingerprint density at radius 1 is 1.13 bits per heavy atom. The molecule has 0 aromatic heterocycles. The number of esters is 2. The van der Waals surface area contributed by atoms with Crippen molar-refractivity contribution in [2.24, 2.45) is 35.0 Å². The molecule has 3 aliphatic carbocycles. The van der Waals surface area contributed by atoms with Crippen LogP contribution >= 0.6 is 0 Å². The third-order valence-electron chi connectivity index (χ3n) is 7.34. The summed E-state index contributed by atoms with van der Waals surface area (Å²) in [5.41, 5.74) is -0.649. The van der Waals surface area contributed by atoms with Gasteiger partial charge in [0.1, 0.15) is 27.8 Å². The molecule has 0 N–H and O–H groups in total. The zero-order valence-corrected chi connectivity index (χ0v) is 18.4. The maximum atomic E-state index is 13.0. The Balaban J connectivity index is 1.53. The number of ketones is 1. The fourth-order valence-corrected chi connectivity index (χ4v) is 5.81. The third kappa shape index (κ3) is 3.67. The Labute approximate surface area is 181 Å². The van der Waals surface area contributed by atoms with E-state index in [4.69, 9.17) is 9.47 Å². The SMILES string of the molecule is CCC(C)(C)C(=O)OC1C2CC(=O)C3C2CC1C3C(=O)Oc1ccc(S(=O)(=O)[O-])cc1. The molecule has 0 spiro atoms. The highest BCUT2D eigenvalue weighted by Crippen LogP contribution is 2.62. The van der Waals surface area contributed by atoms with E-state index >= 15 is 0 Å². The van der Waals surface area contributed by atoms with Gasteiger partial charge in [-0.05, 0) is 56.9 Å². The van der Waals surface area contributed by atoms with E-state index in [1.807, 2.05) is 20.8 Å². The van der Waals surface area contributed by atoms with Gasteiger partial charge in [-0.3, -0.25) is 14.4 Å². The minimum Gasteiger partial charge on any atom is -0.744 e. The summed E-state index contributed by atoms with van der Waals surface area (Å²) >= 11 is 0. The Morgan fingerprint density at radius 2 is 1.77 bits per heavy atom. The fourth-order valence-electron chi connectivity index (χ4n) is 5.34. The first-order chi connectivity index (χ1) is 14.4. The van der Waals surface area contributed by atoms with Crippen LogP contribution in [0.3, 0.4) is 0 Å². The number of hydrogen-bond donors (Lipinski definition) is 0. The number of carbonyl (C=O) groups is 3. The Morgan fingerprint density at radius 3 is 2.35 bits per heavy atom. The second-order valence-electron chi connectivity index (χ2n) is 9.40. The van der Waals surface area contributed by atoms with Gasteiger partial charge in [-0.15, -0.1) is 0 Å². The predicted molar refractivity (Wildman–Crippen MR) is 106 cm³/mol. The zero-order valence-electron chi connectivity index (χ0n) is 17.6. The Kier molecular flexibility index (Phi) is 5.25. The standard InChI is InChI=1S/C22H26O8S/c1-4-22(2,3)21(25)30-19-14-10-16(23)17-13(14)9-15(19)18(17)20(24)29-11-5-7-12(8-6-11)31(26,27)28/h5-8,13-15,17-19H,4,9-10H2,1-3H3,(H,26,27,28)/p-1. The summed E-state index contributed by atoms with van der Waals surface area (Å²) in [6.07, 6.45) is 1.06. The molecule has 0 aliphatic heterocycles. The smallest absolute Gasteiger partial charge is 0.315 e. The summed E-state index contributed by atoms with van der Waals surface area (Å²) in [5.74, 6) is -2.31. The largest absolute Gasteiger partial charge is 0.744 e. The first-order valence-electron chi connectivity index (χ1n) is 10.5. The highest BCUT2D eigenvalue weighted by atomic mass is 32.2. The van der Waals surface area contributed by atoms with Gasteiger partial charge in [-0.25, -0.2) is 8.42 Å². The van der Waals surface area contributed by atoms with Crippen molar-refractivity contribution in [2.75, 3.05) is 0 Å². The van der Waals surface area contributed by atoms with E-state index < -0.39 is 44.3 Å². The molecule has 0 saturated heterocycles. The van der Waals surface area contributed by atoms with E-state index in [0.717, 1.165) is 12.1 Å². The summed E-state index contributed by atoms with van der Waals surface area (Å²) in [6, 6.07) is 4.60. The molecule has 168 valence electrons. The second kappa shape index (κ2) is 7.41. The van der Waals surface area contributed by atoms with Gasteiger partial charge >= 0.3 is 11.9 Å². The molecule has 9 heteroatoms. The van der Waals surface area contributed by atoms with Crippen LogP contribution in [0.15, 0.2) is 29.2 Å². The lowest BCUT2D eigenvalue weighted by Crippen LogP contribution is -2.43. The minimum absolute atomic E-state index is 0.000506. The summed E-state index contributed by atoms with van der Waals surface area (Å²) < 4.78 is 44.5. The average molecular weight is 450 g/mol. The molecule has 2 bridgehead atoms. The number of carbonyl (C=O) groups excluding carboxylic acids is 3. The number of rotatable bonds is 6. The van der Waals surface area contributed by atoms with Crippen LogP contribution in [0.2, 0.25) is 0 Å². The van der Waals surface area contributed by atoms with E-state index in [2.05, 4.69) is 0 Å². The van der Waals surface area contributed by atoms with Gasteiger partial charge in [0.2, 0.25) is 0 Å². The zero-order chi connectivity index (χ0) is 22.7. The lowest BCUT2D eigenvalue weighted by Gasteiger charge is -2.34. The van der Waals surface area contributed by atoms with Crippen LogP contribution in [0.25, 0.3) is 0 Å². The lowest BCUT2D eigenvalue weighted by atomic mass is 9.77. The molecule has 4 rings (SSSR count). The van der Waals surface area contributed by atoms with Crippen molar-refractivity contribution in [1.82, 2.24) is 0 Å². The van der Waals surface area contributed by atoms with Gasteiger partial charge in [-0.1, -0.05) is 6.92 Å². The van der Waals surface area contributed by atoms with Crippen molar-refractivity contribution in [3.63, 3.8) is 0 Å². The number of ether oxygens (including phenoxy) is 2. The van der Waals surface area contributed by atoms with Crippen molar-refractivity contribution in [3.05, 3.63) is 24.3 Å². The van der Waals surface area contributed by atoms with Crippen molar-refractivity contribution >= 4 is 27.8 Å². The Bertz CT molecular complexity index is 1030. The first kappa shape index (κ1) is 22.0. The summed E-state index contributed by atoms with van der Waals surface area (Å²) in [7, 11) is -4.60. The molecular formula is C22H25O8S-. The summed E-state index contributed by atoms with van der Waals surface area (Å²) in [4.78, 5) is 37.9. The molecule has 6 atom stereocenters. The van der Waals surface area contributed by atoms with E-state index in [9.17, 15) is 27.4 Å². The quantitative estimate of drug-likeness (QED) is 0.368. The van der Waals surface area contributed by atoms with Crippen LogP contribution < -0.4 is 4.74 Å². The molecule has 31 heavy (non-hydrogen) atoms. The molecule has 0 heterocycles. The molecular weight excluding hydrogens is 424 g/mol. The molecule has 0 amide bonds. The van der Waals surface area contributed by atoms with Crippen molar-refractivity contribution < 1.29 is 36.8 Å². The lowest BCUT2D eigenvalue weighted by molar-refractivity contribution is -0.169. The van der Waals surface area contributed by atoms with Crippen LogP contribution in [-0.2, 0) is 29.2 Å². The van der Waals surface area contributed by atoms with Crippen LogP contribution in [0.5, 0.6) is 5.75 Å². The Hall–Kier alpha value is -2.26. The van der Waals surface area contributed by atoms with Gasteiger partial charge in [0.05, 0.1) is 16.2 Å². The van der Waals surface area contributed by atoms with Crippen molar-refractivity contribution in [2.45, 2.75) is 51.0 Å². The molecule has 1 aromatic carbocycles. The first-order valence-corrected chi connectivity index (χ1v) is 11.9. The van der Waals surface area contributed by atoms with Crippen molar-refractivity contribution in [1.29, 1.82) is 0 Å².